The quantitative estimate of drug-likeness (QED) is 0.156. The van der Waals surface area contributed by atoms with Crippen LogP contribution in [0.1, 0.15) is 44.1 Å². The lowest BCUT2D eigenvalue weighted by Gasteiger charge is -2.19. The first kappa shape index (κ1) is 28.7. The van der Waals surface area contributed by atoms with E-state index in [1.807, 2.05) is 6.07 Å². The number of phenolic OH excluding ortho intramolecular Hbond substituents is 3. The number of carbonyl (C=O) groups is 3. The number of hydrogen-bond acceptors (Lipinski definition) is 10. The molecule has 0 unspecified atom stereocenters. The molecule has 0 spiro atoms. The summed E-state index contributed by atoms with van der Waals surface area (Å²) in [6, 6.07) is 9.18. The van der Waals surface area contributed by atoms with Crippen molar-refractivity contribution in [3.05, 3.63) is 70.5 Å². The molecule has 0 fully saturated rings. The number of nitrogens with zero attached hydrogens (tertiary/aromatic N) is 2. The first-order chi connectivity index (χ1) is 18.6. The van der Waals surface area contributed by atoms with Crippen LogP contribution in [-0.4, -0.2) is 69.3 Å². The standard InChI is InChI=1S/C27H31N5O7/c1-15-23(16(2)31-27(30-15)28-9-5-7-17-6-4-8-19(33)10-17)25(37)32-22(26(38)39-3)14-29-24(36)18-11-20(34)13-21(35)12-18/h4,6,8,10-13,22,33-35H,5,7,9,14H2,1-3H3,(H,29,36)(H,32,37)(H,28,30,31)/t22-/m0/s1. The fourth-order valence-electron chi connectivity index (χ4n) is 3.92. The molecule has 12 nitrogen and oxygen atoms in total. The fourth-order valence-corrected chi connectivity index (χ4v) is 3.92. The Balaban J connectivity index is 1.61. The average molecular weight is 538 g/mol. The molecule has 0 aliphatic heterocycles. The van der Waals surface area contributed by atoms with Gasteiger partial charge in [-0.3, -0.25) is 9.59 Å². The summed E-state index contributed by atoms with van der Waals surface area (Å²) in [5.41, 5.74) is 1.93. The molecule has 39 heavy (non-hydrogen) atoms. The first-order valence-electron chi connectivity index (χ1n) is 12.1. The third-order valence-corrected chi connectivity index (χ3v) is 5.76. The summed E-state index contributed by atoms with van der Waals surface area (Å²) in [4.78, 5) is 46.5. The molecule has 2 aromatic carbocycles. The number of hydrogen-bond donors (Lipinski definition) is 6. The molecule has 0 saturated heterocycles. The molecular formula is C27H31N5O7. The first-order valence-corrected chi connectivity index (χ1v) is 12.1. The van der Waals surface area contributed by atoms with Gasteiger partial charge in [-0.05, 0) is 56.5 Å². The van der Waals surface area contributed by atoms with Gasteiger partial charge in [-0.1, -0.05) is 12.1 Å². The van der Waals surface area contributed by atoms with Gasteiger partial charge in [-0.2, -0.15) is 0 Å². The summed E-state index contributed by atoms with van der Waals surface area (Å²) in [5, 5.41) is 36.9. The van der Waals surface area contributed by atoms with Gasteiger partial charge >= 0.3 is 5.97 Å². The van der Waals surface area contributed by atoms with Crippen molar-refractivity contribution in [2.75, 3.05) is 25.5 Å². The highest BCUT2D eigenvalue weighted by molar-refractivity contribution is 5.99. The molecule has 12 heteroatoms. The molecule has 1 heterocycles. The van der Waals surface area contributed by atoms with E-state index in [4.69, 9.17) is 4.74 Å². The van der Waals surface area contributed by atoms with Crippen molar-refractivity contribution >= 4 is 23.7 Å². The Labute approximate surface area is 225 Å². The Morgan fingerprint density at radius 2 is 1.59 bits per heavy atom. The maximum absolute atomic E-state index is 13.1. The molecule has 1 aromatic heterocycles. The zero-order valence-electron chi connectivity index (χ0n) is 21.8. The zero-order chi connectivity index (χ0) is 28.5. The molecule has 6 N–H and O–H groups in total. The highest BCUT2D eigenvalue weighted by Crippen LogP contribution is 2.20. The molecule has 1 atom stereocenters. The van der Waals surface area contributed by atoms with Gasteiger partial charge in [0.25, 0.3) is 11.8 Å². The molecule has 3 rings (SSSR count). The van der Waals surface area contributed by atoms with Crippen LogP contribution in [0.2, 0.25) is 0 Å². The molecule has 0 aliphatic carbocycles. The summed E-state index contributed by atoms with van der Waals surface area (Å²) in [6.45, 7) is 3.54. The predicted molar refractivity (Wildman–Crippen MR) is 142 cm³/mol. The predicted octanol–water partition coefficient (Wildman–Crippen LogP) is 1.96. The number of anilines is 1. The number of methoxy groups -OCH3 is 1. The summed E-state index contributed by atoms with van der Waals surface area (Å²) < 4.78 is 4.76. The topological polar surface area (TPSA) is 183 Å². The van der Waals surface area contributed by atoms with Crippen LogP contribution in [0.15, 0.2) is 42.5 Å². The lowest BCUT2D eigenvalue weighted by molar-refractivity contribution is -0.142. The Morgan fingerprint density at radius 1 is 0.923 bits per heavy atom. The van der Waals surface area contributed by atoms with Gasteiger partial charge < -0.3 is 36.0 Å². The molecule has 0 bridgehead atoms. The third kappa shape index (κ3) is 8.06. The fraction of sp³-hybridized carbons (Fsp3) is 0.296. The normalized spacial score (nSPS) is 11.4. The minimum absolute atomic E-state index is 0.0347. The Morgan fingerprint density at radius 3 is 2.21 bits per heavy atom. The average Bonchev–Trinajstić information content (AvgIpc) is 2.87. The Bertz CT molecular complexity index is 1320. The van der Waals surface area contributed by atoms with E-state index in [0.717, 1.165) is 43.7 Å². The molecule has 0 aliphatic rings. The van der Waals surface area contributed by atoms with Crippen molar-refractivity contribution in [2.24, 2.45) is 0 Å². The highest BCUT2D eigenvalue weighted by Gasteiger charge is 2.26. The van der Waals surface area contributed by atoms with Crippen LogP contribution in [0.25, 0.3) is 0 Å². The lowest BCUT2D eigenvalue weighted by atomic mass is 10.1. The van der Waals surface area contributed by atoms with Crippen molar-refractivity contribution in [2.45, 2.75) is 32.7 Å². The van der Waals surface area contributed by atoms with E-state index in [0.29, 0.717) is 23.9 Å². The highest BCUT2D eigenvalue weighted by atomic mass is 16.5. The van der Waals surface area contributed by atoms with Crippen LogP contribution in [0.3, 0.4) is 0 Å². The van der Waals surface area contributed by atoms with Crippen LogP contribution >= 0.6 is 0 Å². The van der Waals surface area contributed by atoms with E-state index in [2.05, 4.69) is 25.9 Å². The summed E-state index contributed by atoms with van der Waals surface area (Å²) in [6.07, 6.45) is 1.51. The number of aromatic nitrogens is 2. The summed E-state index contributed by atoms with van der Waals surface area (Å²) in [7, 11) is 1.15. The van der Waals surface area contributed by atoms with Crippen molar-refractivity contribution in [3.8, 4) is 17.2 Å². The summed E-state index contributed by atoms with van der Waals surface area (Å²) >= 11 is 0. The Kier molecular flexibility index (Phi) is 9.63. The number of amides is 2. The number of benzene rings is 2. The number of esters is 1. The number of phenols is 3. The minimum Gasteiger partial charge on any atom is -0.508 e. The number of aryl methyl sites for hydroxylation is 3. The smallest absolute Gasteiger partial charge is 0.330 e. The van der Waals surface area contributed by atoms with Gasteiger partial charge in [0.05, 0.1) is 24.1 Å². The second-order valence-electron chi connectivity index (χ2n) is 8.79. The van der Waals surface area contributed by atoms with E-state index in [9.17, 15) is 29.7 Å². The second-order valence-corrected chi connectivity index (χ2v) is 8.79. The largest absolute Gasteiger partial charge is 0.508 e. The molecule has 206 valence electrons. The van der Waals surface area contributed by atoms with Crippen LogP contribution < -0.4 is 16.0 Å². The lowest BCUT2D eigenvalue weighted by Crippen LogP contribution is -2.49. The van der Waals surface area contributed by atoms with E-state index in [1.54, 1.807) is 32.0 Å². The minimum atomic E-state index is -1.23. The second kappa shape index (κ2) is 13.1. The third-order valence-electron chi connectivity index (χ3n) is 5.76. The SMILES string of the molecule is COC(=O)[C@H](CNC(=O)c1cc(O)cc(O)c1)NC(=O)c1c(C)nc(NCCCc2cccc(O)c2)nc1C. The van der Waals surface area contributed by atoms with Crippen molar-refractivity contribution < 1.29 is 34.4 Å². The van der Waals surface area contributed by atoms with Crippen LogP contribution in [0.4, 0.5) is 5.95 Å². The maximum Gasteiger partial charge on any atom is 0.330 e. The molecular weight excluding hydrogens is 506 g/mol. The zero-order valence-corrected chi connectivity index (χ0v) is 21.8. The van der Waals surface area contributed by atoms with Crippen LogP contribution in [0.5, 0.6) is 17.2 Å². The van der Waals surface area contributed by atoms with Crippen molar-refractivity contribution in [1.29, 1.82) is 0 Å². The molecule has 0 radical (unpaired) electrons. The van der Waals surface area contributed by atoms with Crippen LogP contribution in [0, 0.1) is 13.8 Å². The number of nitrogens with one attached hydrogen (secondary N) is 3. The van der Waals surface area contributed by atoms with Crippen molar-refractivity contribution in [3.63, 3.8) is 0 Å². The van der Waals surface area contributed by atoms with Gasteiger partial charge in [0, 0.05) is 24.7 Å². The number of ether oxygens (including phenoxy) is 1. The van der Waals surface area contributed by atoms with E-state index < -0.39 is 23.8 Å². The number of carbonyl (C=O) groups excluding carboxylic acids is 3. The summed E-state index contributed by atoms with van der Waals surface area (Å²) in [5.74, 6) is -2.14. The van der Waals surface area contributed by atoms with Gasteiger partial charge in [-0.15, -0.1) is 0 Å². The number of rotatable bonds is 11. The van der Waals surface area contributed by atoms with E-state index in [1.165, 1.54) is 0 Å². The van der Waals surface area contributed by atoms with E-state index in [-0.39, 0.29) is 34.9 Å². The molecule has 3 aromatic rings. The van der Waals surface area contributed by atoms with E-state index >= 15 is 0 Å². The maximum atomic E-state index is 13.1. The monoisotopic (exact) mass is 537 g/mol. The molecule has 2 amide bonds. The van der Waals surface area contributed by atoms with Crippen molar-refractivity contribution in [1.82, 2.24) is 20.6 Å². The van der Waals surface area contributed by atoms with Gasteiger partial charge in [-0.25, -0.2) is 14.8 Å². The molecule has 0 saturated carbocycles. The van der Waals surface area contributed by atoms with Gasteiger partial charge in [0.15, 0.2) is 0 Å². The Hall–Kier alpha value is -4.87. The van der Waals surface area contributed by atoms with Gasteiger partial charge in [0.1, 0.15) is 23.3 Å². The van der Waals surface area contributed by atoms with Gasteiger partial charge in [0.2, 0.25) is 5.95 Å². The van der Waals surface area contributed by atoms with Crippen LogP contribution in [-0.2, 0) is 16.0 Å². The number of aromatic hydroxyl groups is 3.